The van der Waals surface area contributed by atoms with Gasteiger partial charge in [-0.25, -0.2) is 0 Å². The van der Waals surface area contributed by atoms with E-state index in [1.165, 1.54) is 6.42 Å². The lowest BCUT2D eigenvalue weighted by Gasteiger charge is -2.19. The lowest BCUT2D eigenvalue weighted by atomic mass is 10.1. The van der Waals surface area contributed by atoms with Crippen LogP contribution < -0.4 is 5.32 Å². The number of halogens is 3. The average molecular weight is 291 g/mol. The number of amides is 1. The molecule has 0 saturated carbocycles. The summed E-state index contributed by atoms with van der Waals surface area (Å²) in [6, 6.07) is 0. The van der Waals surface area contributed by atoms with E-state index in [1.807, 2.05) is 0 Å². The number of unbranched alkanes of at least 4 members (excludes halogenated alkanes) is 4. The molecule has 96 valence electrons. The molecule has 3 nitrogen and oxygen atoms in total. The predicted molar refractivity (Wildman–Crippen MR) is 67.8 cm³/mol. The molecule has 0 aliphatic carbocycles. The number of hydrogen-bond donors (Lipinski definition) is 2. The summed E-state index contributed by atoms with van der Waals surface area (Å²) < 4.78 is -1.88. The van der Waals surface area contributed by atoms with Gasteiger partial charge in [0.1, 0.15) is 0 Å². The molecule has 0 bridgehead atoms. The third-order valence-electron chi connectivity index (χ3n) is 2.12. The summed E-state index contributed by atoms with van der Waals surface area (Å²) in [5.74, 6) is -0.296. The number of aliphatic hydroxyl groups excluding tert-OH is 1. The molecule has 0 aromatic heterocycles. The molecule has 1 atom stereocenters. The number of rotatable bonds is 7. The molecular weight excluding hydrogens is 272 g/mol. The van der Waals surface area contributed by atoms with Crippen LogP contribution >= 0.6 is 34.8 Å². The predicted octanol–water partition coefficient (Wildman–Crippen LogP) is 3.15. The number of nitrogens with one attached hydrogen (secondary N) is 1. The highest BCUT2D eigenvalue weighted by Crippen LogP contribution is 2.28. The third kappa shape index (κ3) is 8.45. The van der Waals surface area contributed by atoms with Crippen LogP contribution in [-0.4, -0.2) is 21.0 Å². The van der Waals surface area contributed by atoms with E-state index in [4.69, 9.17) is 34.8 Å². The summed E-state index contributed by atoms with van der Waals surface area (Å²) in [6.45, 7) is 2.13. The van der Waals surface area contributed by atoms with Crippen LogP contribution in [0.2, 0.25) is 0 Å². The molecular formula is C10H18Cl3NO2. The summed E-state index contributed by atoms with van der Waals surface area (Å²) in [7, 11) is 0. The van der Waals surface area contributed by atoms with Gasteiger partial charge in [0.05, 0.1) is 0 Å². The topological polar surface area (TPSA) is 49.3 Å². The second-order valence-corrected chi connectivity index (χ2v) is 6.04. The highest BCUT2D eigenvalue weighted by molar-refractivity contribution is 6.68. The molecule has 0 fully saturated rings. The normalized spacial score (nSPS) is 13.6. The van der Waals surface area contributed by atoms with E-state index in [-0.39, 0.29) is 5.91 Å². The average Bonchev–Trinajstić information content (AvgIpc) is 2.16. The standard InChI is InChI=1S/C10H18Cl3NO2/c1-2-3-4-5-6-7-8(15)14-9(16)10(11,12)13/h9,16H,2-7H2,1H3,(H,14,15)/t9-/m1/s1. The fourth-order valence-corrected chi connectivity index (χ4v) is 1.36. The van der Waals surface area contributed by atoms with Crippen LogP contribution in [0, 0.1) is 0 Å². The van der Waals surface area contributed by atoms with E-state index < -0.39 is 10.0 Å². The van der Waals surface area contributed by atoms with Gasteiger partial charge in [-0.15, -0.1) is 0 Å². The number of carbonyl (C=O) groups excluding carboxylic acids is 1. The quantitative estimate of drug-likeness (QED) is 0.430. The minimum absolute atomic E-state index is 0.296. The van der Waals surface area contributed by atoms with Crippen molar-refractivity contribution < 1.29 is 9.90 Å². The Labute approximate surface area is 111 Å². The zero-order valence-electron chi connectivity index (χ0n) is 9.31. The van der Waals surface area contributed by atoms with Crippen LogP contribution in [0.5, 0.6) is 0 Å². The molecule has 6 heteroatoms. The van der Waals surface area contributed by atoms with E-state index in [0.29, 0.717) is 6.42 Å². The Kier molecular flexibility index (Phi) is 8.56. The van der Waals surface area contributed by atoms with Gasteiger partial charge in [-0.2, -0.15) is 0 Å². The minimum Gasteiger partial charge on any atom is -0.369 e. The number of alkyl halides is 3. The second kappa shape index (κ2) is 8.40. The van der Waals surface area contributed by atoms with Crippen LogP contribution in [0.25, 0.3) is 0 Å². The maximum atomic E-state index is 11.3. The number of aliphatic hydroxyl groups is 1. The van der Waals surface area contributed by atoms with Crippen molar-refractivity contribution in [2.24, 2.45) is 0 Å². The molecule has 0 aliphatic rings. The summed E-state index contributed by atoms with van der Waals surface area (Å²) in [6.07, 6.45) is 4.15. The monoisotopic (exact) mass is 289 g/mol. The Morgan fingerprint density at radius 1 is 1.25 bits per heavy atom. The molecule has 0 aliphatic heterocycles. The van der Waals surface area contributed by atoms with Crippen LogP contribution in [0.1, 0.15) is 45.4 Å². The maximum absolute atomic E-state index is 11.3. The molecule has 1 amide bonds. The van der Waals surface area contributed by atoms with Crippen molar-refractivity contribution in [2.45, 2.75) is 55.5 Å². The first-order valence-electron chi connectivity index (χ1n) is 5.42. The molecule has 0 saturated heterocycles. The van der Waals surface area contributed by atoms with Gasteiger partial charge in [-0.1, -0.05) is 67.4 Å². The Bertz CT molecular complexity index is 207. The van der Waals surface area contributed by atoms with Gasteiger partial charge in [0.15, 0.2) is 6.23 Å². The smallest absolute Gasteiger partial charge is 0.234 e. The first-order chi connectivity index (χ1) is 7.38. The van der Waals surface area contributed by atoms with E-state index in [0.717, 1.165) is 25.7 Å². The van der Waals surface area contributed by atoms with Gasteiger partial charge in [0.25, 0.3) is 0 Å². The van der Waals surface area contributed by atoms with Gasteiger partial charge in [-0.3, -0.25) is 4.79 Å². The van der Waals surface area contributed by atoms with Gasteiger partial charge < -0.3 is 10.4 Å². The SMILES string of the molecule is CCCCCCCC(=O)N[C@H](O)C(Cl)(Cl)Cl. The van der Waals surface area contributed by atoms with E-state index in [2.05, 4.69) is 12.2 Å². The van der Waals surface area contributed by atoms with Crippen molar-refractivity contribution >= 4 is 40.7 Å². The Balaban J connectivity index is 3.59. The fourth-order valence-electron chi connectivity index (χ4n) is 1.20. The third-order valence-corrected chi connectivity index (χ3v) is 2.74. The fraction of sp³-hybridized carbons (Fsp3) is 0.900. The zero-order chi connectivity index (χ0) is 12.6. The van der Waals surface area contributed by atoms with Crippen LogP contribution in [0.3, 0.4) is 0 Å². The molecule has 0 rings (SSSR count). The van der Waals surface area contributed by atoms with Crippen molar-refractivity contribution in [1.29, 1.82) is 0 Å². The summed E-state index contributed by atoms with van der Waals surface area (Å²) in [5.41, 5.74) is 0. The van der Waals surface area contributed by atoms with E-state index in [9.17, 15) is 9.90 Å². The van der Waals surface area contributed by atoms with Gasteiger partial charge in [0.2, 0.25) is 9.70 Å². The van der Waals surface area contributed by atoms with Crippen LogP contribution in [0.4, 0.5) is 0 Å². The highest BCUT2D eigenvalue weighted by atomic mass is 35.6. The maximum Gasteiger partial charge on any atom is 0.234 e. The zero-order valence-corrected chi connectivity index (χ0v) is 11.6. The molecule has 16 heavy (non-hydrogen) atoms. The largest absolute Gasteiger partial charge is 0.369 e. The van der Waals surface area contributed by atoms with Crippen molar-refractivity contribution in [1.82, 2.24) is 5.32 Å². The lowest BCUT2D eigenvalue weighted by Crippen LogP contribution is -2.43. The Morgan fingerprint density at radius 2 is 1.81 bits per heavy atom. The van der Waals surface area contributed by atoms with E-state index in [1.54, 1.807) is 0 Å². The van der Waals surface area contributed by atoms with Crippen molar-refractivity contribution in [3.05, 3.63) is 0 Å². The van der Waals surface area contributed by atoms with Crippen LogP contribution in [-0.2, 0) is 4.79 Å². The number of carbonyl (C=O) groups is 1. The molecule has 0 heterocycles. The minimum atomic E-state index is -1.88. The molecule has 0 unspecified atom stereocenters. The van der Waals surface area contributed by atoms with Gasteiger partial charge in [-0.05, 0) is 6.42 Å². The highest BCUT2D eigenvalue weighted by Gasteiger charge is 2.31. The first kappa shape index (κ1) is 16.3. The van der Waals surface area contributed by atoms with Crippen molar-refractivity contribution in [2.75, 3.05) is 0 Å². The summed E-state index contributed by atoms with van der Waals surface area (Å²) in [5, 5.41) is 11.5. The van der Waals surface area contributed by atoms with Crippen LogP contribution in [0.15, 0.2) is 0 Å². The molecule has 2 N–H and O–H groups in total. The molecule has 0 spiro atoms. The van der Waals surface area contributed by atoms with Gasteiger partial charge >= 0.3 is 0 Å². The summed E-state index contributed by atoms with van der Waals surface area (Å²) >= 11 is 16.2. The molecule has 0 radical (unpaired) electrons. The molecule has 0 aromatic rings. The van der Waals surface area contributed by atoms with E-state index >= 15 is 0 Å². The van der Waals surface area contributed by atoms with Crippen molar-refractivity contribution in [3.8, 4) is 0 Å². The lowest BCUT2D eigenvalue weighted by molar-refractivity contribution is -0.124. The second-order valence-electron chi connectivity index (χ2n) is 3.68. The van der Waals surface area contributed by atoms with Gasteiger partial charge in [0, 0.05) is 6.42 Å². The Morgan fingerprint density at radius 3 is 2.31 bits per heavy atom. The number of hydrogen-bond acceptors (Lipinski definition) is 2. The summed E-state index contributed by atoms with van der Waals surface area (Å²) in [4.78, 5) is 11.3. The molecule has 0 aromatic carbocycles. The first-order valence-corrected chi connectivity index (χ1v) is 6.55. The van der Waals surface area contributed by atoms with Crippen molar-refractivity contribution in [3.63, 3.8) is 0 Å². The Hall–Kier alpha value is 0.300.